The standard InChI is InChI=1S/C21H28F3N3O3/c1-25-18(28)8-7-17(19(25)15-3-5-16(6-4-15)21(22,23)24)20(29)27-11-9-26(10-12-27)13-14-30-2/h3-6,17,19H,7-14H2,1-2H3. The molecule has 2 amide bonds. The summed E-state index contributed by atoms with van der Waals surface area (Å²) in [7, 11) is 3.27. The molecule has 2 atom stereocenters. The van der Waals surface area contributed by atoms with Crippen LogP contribution in [0.4, 0.5) is 13.2 Å². The van der Waals surface area contributed by atoms with Gasteiger partial charge in [0, 0.05) is 53.3 Å². The molecule has 1 aromatic carbocycles. The molecule has 9 heteroatoms. The van der Waals surface area contributed by atoms with E-state index in [0.29, 0.717) is 31.7 Å². The van der Waals surface area contributed by atoms with Gasteiger partial charge in [-0.3, -0.25) is 14.5 Å². The van der Waals surface area contributed by atoms with Crippen molar-refractivity contribution in [1.82, 2.24) is 14.7 Å². The number of rotatable bonds is 5. The summed E-state index contributed by atoms with van der Waals surface area (Å²) in [4.78, 5) is 31.1. The second-order valence-corrected chi connectivity index (χ2v) is 7.87. The lowest BCUT2D eigenvalue weighted by atomic mass is 9.83. The summed E-state index contributed by atoms with van der Waals surface area (Å²) in [6.07, 6.45) is -3.76. The summed E-state index contributed by atoms with van der Waals surface area (Å²) in [5.41, 5.74) is -0.193. The molecule has 0 aromatic heterocycles. The molecule has 0 radical (unpaired) electrons. The maximum Gasteiger partial charge on any atom is 0.416 e. The molecule has 2 aliphatic rings. The number of carbonyl (C=O) groups is 2. The Labute approximate surface area is 174 Å². The van der Waals surface area contributed by atoms with Crippen molar-refractivity contribution in [2.24, 2.45) is 5.92 Å². The first-order chi connectivity index (χ1) is 14.2. The zero-order valence-electron chi connectivity index (χ0n) is 17.3. The van der Waals surface area contributed by atoms with Gasteiger partial charge in [0.05, 0.1) is 24.1 Å². The molecule has 0 N–H and O–H groups in total. The van der Waals surface area contributed by atoms with Crippen molar-refractivity contribution < 1.29 is 27.5 Å². The van der Waals surface area contributed by atoms with Crippen molar-refractivity contribution in [2.75, 3.05) is 53.5 Å². The van der Waals surface area contributed by atoms with E-state index in [1.165, 1.54) is 17.0 Å². The van der Waals surface area contributed by atoms with Gasteiger partial charge in [-0.25, -0.2) is 0 Å². The van der Waals surface area contributed by atoms with Crippen LogP contribution in [0.5, 0.6) is 0 Å². The van der Waals surface area contributed by atoms with Gasteiger partial charge in [-0.1, -0.05) is 12.1 Å². The first-order valence-electron chi connectivity index (χ1n) is 10.1. The molecule has 2 aliphatic heterocycles. The number of alkyl halides is 3. The van der Waals surface area contributed by atoms with Crippen LogP contribution in [0.3, 0.4) is 0 Å². The normalized spacial score (nSPS) is 23.7. The van der Waals surface area contributed by atoms with E-state index in [4.69, 9.17) is 4.74 Å². The number of hydrogen-bond acceptors (Lipinski definition) is 4. The molecule has 0 spiro atoms. The number of piperazine rings is 1. The number of carbonyl (C=O) groups excluding carboxylic acids is 2. The average molecular weight is 427 g/mol. The van der Waals surface area contributed by atoms with Crippen molar-refractivity contribution in [3.63, 3.8) is 0 Å². The van der Waals surface area contributed by atoms with Crippen LogP contribution in [-0.4, -0.2) is 80.0 Å². The minimum atomic E-state index is -4.43. The Hall–Kier alpha value is -2.13. The van der Waals surface area contributed by atoms with E-state index in [9.17, 15) is 22.8 Å². The number of benzene rings is 1. The second-order valence-electron chi connectivity index (χ2n) is 7.87. The van der Waals surface area contributed by atoms with Crippen molar-refractivity contribution in [2.45, 2.75) is 25.1 Å². The quantitative estimate of drug-likeness (QED) is 0.724. The molecule has 2 fully saturated rings. The number of methoxy groups -OCH3 is 1. The number of ether oxygens (including phenoxy) is 1. The molecule has 0 bridgehead atoms. The van der Waals surface area contributed by atoms with Crippen LogP contribution in [0.1, 0.15) is 30.0 Å². The van der Waals surface area contributed by atoms with Gasteiger partial charge in [0.25, 0.3) is 0 Å². The highest BCUT2D eigenvalue weighted by atomic mass is 19.4. The molecule has 6 nitrogen and oxygen atoms in total. The van der Waals surface area contributed by atoms with Gasteiger partial charge in [-0.05, 0) is 24.1 Å². The molecule has 0 saturated carbocycles. The Kier molecular flexibility index (Phi) is 7.02. The monoisotopic (exact) mass is 427 g/mol. The van der Waals surface area contributed by atoms with Crippen molar-refractivity contribution in [3.8, 4) is 0 Å². The zero-order chi connectivity index (χ0) is 21.9. The van der Waals surface area contributed by atoms with E-state index < -0.39 is 23.7 Å². The number of amides is 2. The third-order valence-corrected chi connectivity index (χ3v) is 6.05. The number of piperidine rings is 1. The number of halogens is 3. The van der Waals surface area contributed by atoms with E-state index in [0.717, 1.165) is 31.8 Å². The first kappa shape index (κ1) is 22.6. The fourth-order valence-electron chi connectivity index (χ4n) is 4.27. The Balaban J connectivity index is 1.75. The van der Waals surface area contributed by atoms with Crippen LogP contribution in [0.25, 0.3) is 0 Å². The van der Waals surface area contributed by atoms with Crippen molar-refractivity contribution >= 4 is 11.8 Å². The first-order valence-corrected chi connectivity index (χ1v) is 10.1. The van der Waals surface area contributed by atoms with E-state index in [2.05, 4.69) is 4.90 Å². The van der Waals surface area contributed by atoms with E-state index in [-0.39, 0.29) is 18.2 Å². The number of likely N-dealkylation sites (tertiary alicyclic amines) is 1. The molecule has 2 saturated heterocycles. The van der Waals surface area contributed by atoms with E-state index >= 15 is 0 Å². The lowest BCUT2D eigenvalue weighted by molar-refractivity contribution is -0.148. The van der Waals surface area contributed by atoms with Gasteiger partial charge >= 0.3 is 6.18 Å². The van der Waals surface area contributed by atoms with Crippen LogP contribution < -0.4 is 0 Å². The topological polar surface area (TPSA) is 53.1 Å². The van der Waals surface area contributed by atoms with E-state index in [1.807, 2.05) is 4.90 Å². The summed E-state index contributed by atoms with van der Waals surface area (Å²) in [5, 5.41) is 0. The highest BCUT2D eigenvalue weighted by molar-refractivity contribution is 5.85. The minimum Gasteiger partial charge on any atom is -0.383 e. The van der Waals surface area contributed by atoms with E-state index in [1.54, 1.807) is 14.2 Å². The highest BCUT2D eigenvalue weighted by Crippen LogP contribution is 2.38. The number of hydrogen-bond donors (Lipinski definition) is 0. The molecular weight excluding hydrogens is 399 g/mol. The molecule has 30 heavy (non-hydrogen) atoms. The summed E-state index contributed by atoms with van der Waals surface area (Å²) in [6.45, 7) is 4.14. The smallest absolute Gasteiger partial charge is 0.383 e. The average Bonchev–Trinajstić information content (AvgIpc) is 2.73. The van der Waals surface area contributed by atoms with Gasteiger partial charge in [-0.15, -0.1) is 0 Å². The second kappa shape index (κ2) is 9.34. The SMILES string of the molecule is COCCN1CCN(C(=O)C2CCC(=O)N(C)C2c2ccc(C(F)(F)F)cc2)CC1. The van der Waals surface area contributed by atoms with Crippen LogP contribution in [0, 0.1) is 5.92 Å². The molecule has 3 rings (SSSR count). The maximum atomic E-state index is 13.3. The van der Waals surface area contributed by atoms with Gasteiger partial charge < -0.3 is 14.5 Å². The number of nitrogens with zero attached hydrogens (tertiary/aromatic N) is 3. The molecule has 0 aliphatic carbocycles. The van der Waals surface area contributed by atoms with Crippen LogP contribution in [-0.2, 0) is 20.5 Å². The van der Waals surface area contributed by atoms with Crippen LogP contribution in [0.2, 0.25) is 0 Å². The predicted octanol–water partition coefficient (Wildman–Crippen LogP) is 2.41. The predicted molar refractivity (Wildman–Crippen MR) is 105 cm³/mol. The Bertz CT molecular complexity index is 746. The zero-order valence-corrected chi connectivity index (χ0v) is 17.3. The highest BCUT2D eigenvalue weighted by Gasteiger charge is 2.41. The van der Waals surface area contributed by atoms with Gasteiger partial charge in [0.2, 0.25) is 11.8 Å². The molecule has 166 valence electrons. The Morgan fingerprint density at radius 2 is 1.77 bits per heavy atom. The lowest BCUT2D eigenvalue weighted by Crippen LogP contribution is -2.53. The Morgan fingerprint density at radius 3 is 2.33 bits per heavy atom. The minimum absolute atomic E-state index is 0.0364. The fourth-order valence-corrected chi connectivity index (χ4v) is 4.27. The molecular formula is C21H28F3N3O3. The van der Waals surface area contributed by atoms with Crippen LogP contribution >= 0.6 is 0 Å². The van der Waals surface area contributed by atoms with Gasteiger partial charge in [0.15, 0.2) is 0 Å². The largest absolute Gasteiger partial charge is 0.416 e. The molecule has 1 aromatic rings. The summed E-state index contributed by atoms with van der Waals surface area (Å²) in [5.74, 6) is -0.603. The van der Waals surface area contributed by atoms with Crippen LogP contribution in [0.15, 0.2) is 24.3 Å². The lowest BCUT2D eigenvalue weighted by Gasteiger charge is -2.42. The Morgan fingerprint density at radius 1 is 1.13 bits per heavy atom. The fraction of sp³-hybridized carbons (Fsp3) is 0.619. The third kappa shape index (κ3) is 4.95. The van der Waals surface area contributed by atoms with Crippen molar-refractivity contribution in [1.29, 1.82) is 0 Å². The summed E-state index contributed by atoms with van der Waals surface area (Å²) < 4.78 is 43.9. The van der Waals surface area contributed by atoms with Gasteiger partial charge in [0.1, 0.15) is 0 Å². The summed E-state index contributed by atoms with van der Waals surface area (Å²) in [6, 6.07) is 4.22. The third-order valence-electron chi connectivity index (χ3n) is 6.05. The summed E-state index contributed by atoms with van der Waals surface area (Å²) >= 11 is 0. The molecule has 2 unspecified atom stereocenters. The van der Waals surface area contributed by atoms with Gasteiger partial charge in [-0.2, -0.15) is 13.2 Å². The maximum absolute atomic E-state index is 13.3. The molecule has 2 heterocycles. The van der Waals surface area contributed by atoms with Crippen molar-refractivity contribution in [3.05, 3.63) is 35.4 Å².